The molecule has 0 amide bonds. The third-order valence-corrected chi connectivity index (χ3v) is 4.95. The van der Waals surface area contributed by atoms with Gasteiger partial charge in [-0.15, -0.1) is 11.3 Å². The summed E-state index contributed by atoms with van der Waals surface area (Å²) in [6, 6.07) is 9.99. The Hall–Kier alpha value is -2.67. The highest BCUT2D eigenvalue weighted by atomic mass is 32.1. The van der Waals surface area contributed by atoms with Crippen molar-refractivity contribution in [2.45, 2.75) is 20.0 Å². The average Bonchev–Trinajstić information content (AvgIpc) is 3.20. The molecule has 23 heavy (non-hydrogen) atoms. The summed E-state index contributed by atoms with van der Waals surface area (Å²) in [5.41, 5.74) is 3.45. The van der Waals surface area contributed by atoms with Crippen molar-refractivity contribution in [3.8, 4) is 5.69 Å². The largest absolute Gasteiger partial charge is 0.476 e. The smallest absolute Gasteiger partial charge is 0.355 e. The van der Waals surface area contributed by atoms with E-state index in [1.165, 1.54) is 11.3 Å². The number of para-hydroxylation sites is 1. The van der Waals surface area contributed by atoms with E-state index < -0.39 is 5.97 Å². The number of hydrogen-bond donors (Lipinski definition) is 1. The van der Waals surface area contributed by atoms with Crippen LogP contribution in [0.5, 0.6) is 0 Å². The van der Waals surface area contributed by atoms with Gasteiger partial charge < -0.3 is 10.0 Å². The number of nitrogens with zero attached hydrogens (tertiary/aromatic N) is 4. The second-order valence-electron chi connectivity index (χ2n) is 5.43. The summed E-state index contributed by atoms with van der Waals surface area (Å²) >= 11 is 1.42. The third-order valence-electron chi connectivity index (χ3n) is 3.92. The molecule has 0 saturated carbocycles. The van der Waals surface area contributed by atoms with Gasteiger partial charge in [0.25, 0.3) is 0 Å². The van der Waals surface area contributed by atoms with E-state index in [1.807, 2.05) is 41.2 Å². The van der Waals surface area contributed by atoms with Gasteiger partial charge in [-0.1, -0.05) is 18.2 Å². The number of fused-ring (bicyclic) bond motifs is 1. The number of carboxylic acids is 1. The molecule has 116 valence electrons. The van der Waals surface area contributed by atoms with E-state index >= 15 is 0 Å². The topological polar surface area (TPSA) is 71.2 Å². The summed E-state index contributed by atoms with van der Waals surface area (Å²) in [5, 5.41) is 14.4. The van der Waals surface area contributed by atoms with Crippen molar-refractivity contribution >= 4 is 22.4 Å². The van der Waals surface area contributed by atoms with Gasteiger partial charge in [0.05, 0.1) is 24.1 Å². The Bertz CT molecular complexity index is 885. The molecule has 6 nitrogen and oxygen atoms in total. The quantitative estimate of drug-likeness (QED) is 0.801. The van der Waals surface area contributed by atoms with Crippen LogP contribution in [0.3, 0.4) is 0 Å². The summed E-state index contributed by atoms with van der Waals surface area (Å²) in [7, 11) is 0. The standard InChI is InChI=1S/C16H14N4O2S/c1-10-14(15(21)22)18-16(23-10)19-8-11-7-17-20(13(11)9-19)12-5-3-2-4-6-12/h2-7H,8-9H2,1H3,(H,21,22). The number of aryl methyl sites for hydroxylation is 1. The van der Waals surface area contributed by atoms with E-state index in [9.17, 15) is 4.79 Å². The zero-order chi connectivity index (χ0) is 16.0. The van der Waals surface area contributed by atoms with Crippen molar-refractivity contribution in [2.75, 3.05) is 4.90 Å². The van der Waals surface area contributed by atoms with Crippen LogP contribution in [-0.4, -0.2) is 25.8 Å². The number of carbonyl (C=O) groups is 1. The van der Waals surface area contributed by atoms with Gasteiger partial charge in [0.2, 0.25) is 0 Å². The maximum atomic E-state index is 11.2. The van der Waals surface area contributed by atoms with Crippen LogP contribution in [-0.2, 0) is 13.1 Å². The molecule has 0 aliphatic carbocycles. The number of hydrogen-bond acceptors (Lipinski definition) is 5. The fraction of sp³-hybridized carbons (Fsp3) is 0.188. The molecule has 3 heterocycles. The highest BCUT2D eigenvalue weighted by Crippen LogP contribution is 2.33. The van der Waals surface area contributed by atoms with E-state index in [1.54, 1.807) is 6.92 Å². The van der Waals surface area contributed by atoms with Crippen molar-refractivity contribution in [2.24, 2.45) is 0 Å². The molecule has 1 aliphatic heterocycles. The summed E-state index contributed by atoms with van der Waals surface area (Å²) in [6.07, 6.45) is 1.88. The van der Waals surface area contributed by atoms with Crippen molar-refractivity contribution in [1.29, 1.82) is 0 Å². The van der Waals surface area contributed by atoms with Crippen LogP contribution in [0.2, 0.25) is 0 Å². The van der Waals surface area contributed by atoms with Crippen LogP contribution in [0.1, 0.15) is 26.6 Å². The van der Waals surface area contributed by atoms with E-state index in [0.717, 1.165) is 27.0 Å². The van der Waals surface area contributed by atoms with E-state index in [0.29, 0.717) is 13.1 Å². The lowest BCUT2D eigenvalue weighted by Crippen LogP contribution is -2.16. The van der Waals surface area contributed by atoms with Crippen molar-refractivity contribution in [3.05, 3.63) is 58.4 Å². The highest BCUT2D eigenvalue weighted by Gasteiger charge is 2.27. The van der Waals surface area contributed by atoms with E-state index in [-0.39, 0.29) is 5.69 Å². The molecule has 1 aromatic carbocycles. The molecule has 0 fully saturated rings. The molecule has 2 aromatic heterocycles. The Morgan fingerprint density at radius 1 is 1.26 bits per heavy atom. The minimum Gasteiger partial charge on any atom is -0.476 e. The molecule has 4 rings (SSSR count). The molecule has 0 saturated heterocycles. The van der Waals surface area contributed by atoms with Crippen molar-refractivity contribution in [3.63, 3.8) is 0 Å². The summed E-state index contributed by atoms with van der Waals surface area (Å²) in [6.45, 7) is 3.17. The van der Waals surface area contributed by atoms with Gasteiger partial charge in [0.15, 0.2) is 10.8 Å². The molecule has 3 aromatic rings. The van der Waals surface area contributed by atoms with Gasteiger partial charge in [0, 0.05) is 17.0 Å². The molecule has 0 spiro atoms. The molecule has 1 N–H and O–H groups in total. The molecule has 0 bridgehead atoms. The number of aromatic nitrogens is 3. The van der Waals surface area contributed by atoms with Gasteiger partial charge in [-0.25, -0.2) is 14.5 Å². The first-order chi connectivity index (χ1) is 11.1. The van der Waals surface area contributed by atoms with Crippen LogP contribution >= 0.6 is 11.3 Å². The fourth-order valence-electron chi connectivity index (χ4n) is 2.79. The zero-order valence-corrected chi connectivity index (χ0v) is 13.2. The summed E-state index contributed by atoms with van der Waals surface area (Å²) in [4.78, 5) is 18.3. The number of carboxylic acid groups (broad SMARTS) is 1. The molecule has 1 aliphatic rings. The number of anilines is 1. The van der Waals surface area contributed by atoms with E-state index in [2.05, 4.69) is 15.0 Å². The summed E-state index contributed by atoms with van der Waals surface area (Å²) in [5.74, 6) is -0.975. The van der Waals surface area contributed by atoms with Gasteiger partial charge in [-0.3, -0.25) is 0 Å². The second kappa shape index (κ2) is 5.20. The monoisotopic (exact) mass is 326 g/mol. The van der Waals surface area contributed by atoms with Crippen LogP contribution in [0.4, 0.5) is 5.13 Å². The Morgan fingerprint density at radius 3 is 2.74 bits per heavy atom. The molecular formula is C16H14N4O2S. The molecule has 7 heteroatoms. The minimum atomic E-state index is -0.975. The Labute approximate surface area is 136 Å². The van der Waals surface area contributed by atoms with Gasteiger partial charge in [0.1, 0.15) is 0 Å². The first kappa shape index (κ1) is 14.0. The second-order valence-corrected chi connectivity index (χ2v) is 6.61. The molecule has 0 radical (unpaired) electrons. The first-order valence-electron chi connectivity index (χ1n) is 7.20. The molecule has 0 unspecified atom stereocenters. The predicted octanol–water partition coefficient (Wildman–Crippen LogP) is 2.86. The summed E-state index contributed by atoms with van der Waals surface area (Å²) < 4.78 is 1.94. The predicted molar refractivity (Wildman–Crippen MR) is 87.3 cm³/mol. The zero-order valence-electron chi connectivity index (χ0n) is 12.4. The van der Waals surface area contributed by atoms with Gasteiger partial charge in [-0.05, 0) is 19.1 Å². The number of thiazole rings is 1. The van der Waals surface area contributed by atoms with Crippen molar-refractivity contribution < 1.29 is 9.90 Å². The first-order valence-corrected chi connectivity index (χ1v) is 8.02. The average molecular weight is 326 g/mol. The Morgan fingerprint density at radius 2 is 2.04 bits per heavy atom. The lowest BCUT2D eigenvalue weighted by molar-refractivity contribution is 0.0690. The lowest BCUT2D eigenvalue weighted by atomic mass is 10.3. The normalized spacial score (nSPS) is 13.3. The molecule has 0 atom stereocenters. The van der Waals surface area contributed by atoms with Crippen LogP contribution in [0.15, 0.2) is 36.5 Å². The molecular weight excluding hydrogens is 312 g/mol. The third kappa shape index (κ3) is 2.29. The Kier molecular flexibility index (Phi) is 3.16. The van der Waals surface area contributed by atoms with Gasteiger partial charge >= 0.3 is 5.97 Å². The van der Waals surface area contributed by atoms with Crippen LogP contribution in [0.25, 0.3) is 5.69 Å². The van der Waals surface area contributed by atoms with Crippen LogP contribution < -0.4 is 4.90 Å². The maximum absolute atomic E-state index is 11.2. The number of benzene rings is 1. The lowest BCUT2D eigenvalue weighted by Gasteiger charge is -2.14. The maximum Gasteiger partial charge on any atom is 0.355 e. The van der Waals surface area contributed by atoms with Gasteiger partial charge in [-0.2, -0.15) is 5.10 Å². The fourth-order valence-corrected chi connectivity index (χ4v) is 3.69. The number of aromatic carboxylic acids is 1. The minimum absolute atomic E-state index is 0.144. The van der Waals surface area contributed by atoms with Crippen molar-refractivity contribution in [1.82, 2.24) is 14.8 Å². The highest BCUT2D eigenvalue weighted by molar-refractivity contribution is 7.15. The Balaban J connectivity index is 1.65. The van der Waals surface area contributed by atoms with Crippen LogP contribution in [0, 0.1) is 6.92 Å². The SMILES string of the molecule is Cc1sc(N2Cc3cnn(-c4ccccc4)c3C2)nc1C(=O)O. The number of rotatable bonds is 3. The van der Waals surface area contributed by atoms with E-state index in [4.69, 9.17) is 5.11 Å².